The van der Waals surface area contributed by atoms with E-state index in [1.165, 1.54) is 11.8 Å². The van der Waals surface area contributed by atoms with Gasteiger partial charge in [-0.3, -0.25) is 9.80 Å². The summed E-state index contributed by atoms with van der Waals surface area (Å²) in [4.78, 5) is 17.4. The minimum Gasteiger partial charge on any atom is -0.312 e. The van der Waals surface area contributed by atoms with Gasteiger partial charge in [0, 0.05) is 13.0 Å². The maximum Gasteiger partial charge on any atom is 0.248 e. The van der Waals surface area contributed by atoms with E-state index in [1.807, 2.05) is 0 Å². The maximum absolute atomic E-state index is 11.7. The molecule has 22 heavy (non-hydrogen) atoms. The van der Waals surface area contributed by atoms with Crippen LogP contribution in [0.15, 0.2) is 4.99 Å². The predicted octanol–water partition coefficient (Wildman–Crippen LogP) is 1.65. The second-order valence-electron chi connectivity index (χ2n) is 6.13. The number of hydrogen-bond acceptors (Lipinski definition) is 4. The first kappa shape index (κ1) is 17.7. The van der Waals surface area contributed by atoms with Gasteiger partial charge in [-0.1, -0.05) is 26.1 Å². The molecule has 2 aliphatic heterocycles. The third-order valence-corrected chi connectivity index (χ3v) is 6.04. The molecule has 2 heterocycles. The van der Waals surface area contributed by atoms with Gasteiger partial charge in [-0.25, -0.2) is 5.01 Å². The van der Waals surface area contributed by atoms with Crippen LogP contribution in [0.2, 0.25) is 0 Å². The number of hydrogen-bond donors (Lipinski definition) is 1. The summed E-state index contributed by atoms with van der Waals surface area (Å²) < 4.78 is 0.817. The third kappa shape index (κ3) is 3.81. The minimum atomic E-state index is -0.0253. The summed E-state index contributed by atoms with van der Waals surface area (Å²) in [5, 5.41) is 5.04. The summed E-state index contributed by atoms with van der Waals surface area (Å²) in [6.07, 6.45) is 3.67. The van der Waals surface area contributed by atoms with Crippen molar-refractivity contribution in [3.05, 3.63) is 0 Å². The fraction of sp³-hybridized carbons (Fsp3) is 0.800. The van der Waals surface area contributed by atoms with Crippen LogP contribution in [0.3, 0.4) is 0 Å². The Bertz CT molecular complexity index is 458. The number of amides is 1. The Morgan fingerprint density at radius 2 is 1.95 bits per heavy atom. The number of quaternary nitrogens is 1. The van der Waals surface area contributed by atoms with E-state index < -0.39 is 0 Å². The number of thioether (sulfide) groups is 1. The molecule has 2 atom stereocenters. The largest absolute Gasteiger partial charge is 0.312 e. The molecule has 1 amide bonds. The molecule has 1 N–H and O–H groups in total. The van der Waals surface area contributed by atoms with Crippen LogP contribution in [0.1, 0.15) is 53.4 Å². The van der Waals surface area contributed by atoms with Crippen LogP contribution in [0, 0.1) is 0 Å². The summed E-state index contributed by atoms with van der Waals surface area (Å²) in [5.74, 6) is -0.0253. The first-order chi connectivity index (χ1) is 10.5. The molecule has 0 saturated carbocycles. The van der Waals surface area contributed by atoms with Gasteiger partial charge >= 0.3 is 0 Å². The quantitative estimate of drug-likeness (QED) is 0.743. The van der Waals surface area contributed by atoms with Crippen LogP contribution < -0.4 is 4.90 Å². The molecule has 0 aromatic carbocycles. The van der Waals surface area contributed by atoms with E-state index in [-0.39, 0.29) is 5.91 Å². The SMILES string of the molecule is CC[C@H](C)[NH+](CN1C(=S)SC2=NC(=O)CCCN21)[C@@H](C)CC. The molecule has 0 aliphatic carbocycles. The number of aliphatic imine (C=N–C) groups is 1. The van der Waals surface area contributed by atoms with Crippen LogP contribution >= 0.6 is 24.0 Å². The monoisotopic (exact) mass is 343 g/mol. The fourth-order valence-corrected chi connectivity index (χ4v) is 4.12. The smallest absolute Gasteiger partial charge is 0.248 e. The first-order valence-corrected chi connectivity index (χ1v) is 9.44. The van der Waals surface area contributed by atoms with Crippen molar-refractivity contribution in [2.75, 3.05) is 13.2 Å². The number of rotatable bonds is 6. The Hall–Kier alpha value is -0.660. The maximum atomic E-state index is 11.7. The second kappa shape index (κ2) is 7.75. The lowest BCUT2D eigenvalue weighted by Crippen LogP contribution is -3.20. The number of thiocarbonyl (C=S) groups is 1. The molecule has 0 bridgehead atoms. The van der Waals surface area contributed by atoms with E-state index in [0.29, 0.717) is 18.5 Å². The zero-order valence-corrected chi connectivity index (χ0v) is 15.6. The Morgan fingerprint density at radius 3 is 2.55 bits per heavy atom. The van der Waals surface area contributed by atoms with E-state index in [1.54, 1.807) is 4.90 Å². The van der Waals surface area contributed by atoms with Crippen LogP contribution in [0.4, 0.5) is 0 Å². The first-order valence-electron chi connectivity index (χ1n) is 8.21. The number of carbonyl (C=O) groups excluding carboxylic acids is 1. The highest BCUT2D eigenvalue weighted by Crippen LogP contribution is 2.27. The van der Waals surface area contributed by atoms with E-state index in [2.05, 4.69) is 42.7 Å². The van der Waals surface area contributed by atoms with Gasteiger partial charge in [0.05, 0.1) is 12.1 Å². The van der Waals surface area contributed by atoms with Crippen molar-refractivity contribution < 1.29 is 9.69 Å². The van der Waals surface area contributed by atoms with Crippen molar-refractivity contribution in [2.24, 2.45) is 4.99 Å². The number of nitrogens with one attached hydrogen (secondary N) is 1. The number of hydrazine groups is 1. The number of nitrogens with zero attached hydrogens (tertiary/aromatic N) is 3. The van der Waals surface area contributed by atoms with Gasteiger partial charge in [0.15, 0.2) is 16.2 Å². The predicted molar refractivity (Wildman–Crippen MR) is 95.7 cm³/mol. The van der Waals surface area contributed by atoms with Gasteiger partial charge in [0.25, 0.3) is 0 Å². The molecule has 0 aromatic heterocycles. The van der Waals surface area contributed by atoms with Crippen LogP contribution in [0.5, 0.6) is 0 Å². The lowest BCUT2D eigenvalue weighted by Gasteiger charge is -2.37. The van der Waals surface area contributed by atoms with Crippen molar-refractivity contribution in [3.8, 4) is 0 Å². The highest BCUT2D eigenvalue weighted by Gasteiger charge is 2.37. The molecule has 1 saturated heterocycles. The Kier molecular flexibility index (Phi) is 6.23. The highest BCUT2D eigenvalue weighted by atomic mass is 32.2. The highest BCUT2D eigenvalue weighted by molar-refractivity contribution is 8.33. The molecule has 1 fully saturated rings. The number of carbonyl (C=O) groups is 1. The minimum absolute atomic E-state index is 0.0253. The average Bonchev–Trinajstić information content (AvgIpc) is 2.66. The average molecular weight is 344 g/mol. The molecule has 0 unspecified atom stereocenters. The summed E-state index contributed by atoms with van der Waals surface area (Å²) >= 11 is 7.00. The molecule has 7 heteroatoms. The Balaban J connectivity index is 2.17. The van der Waals surface area contributed by atoms with E-state index >= 15 is 0 Å². The van der Waals surface area contributed by atoms with Crippen molar-refractivity contribution in [3.63, 3.8) is 0 Å². The zero-order valence-electron chi connectivity index (χ0n) is 14.0. The fourth-order valence-electron chi connectivity index (χ4n) is 2.87. The number of fused-ring (bicyclic) bond motifs is 1. The van der Waals surface area contributed by atoms with Crippen LogP contribution in [-0.2, 0) is 4.79 Å². The molecule has 124 valence electrons. The third-order valence-electron chi connectivity index (χ3n) is 4.71. The molecule has 0 spiro atoms. The van der Waals surface area contributed by atoms with E-state index in [9.17, 15) is 4.79 Å². The van der Waals surface area contributed by atoms with Crippen molar-refractivity contribution in [1.82, 2.24) is 10.0 Å². The normalized spacial score (nSPS) is 21.8. The van der Waals surface area contributed by atoms with Crippen LogP contribution in [-0.4, -0.2) is 50.7 Å². The Labute approximate surface area is 143 Å². The van der Waals surface area contributed by atoms with Gasteiger partial charge in [-0.05, 0) is 44.9 Å². The lowest BCUT2D eigenvalue weighted by atomic mass is 10.1. The zero-order chi connectivity index (χ0) is 16.3. The molecular formula is C15H27N4OS2+. The van der Waals surface area contributed by atoms with Crippen molar-refractivity contribution in [2.45, 2.75) is 65.5 Å². The Morgan fingerprint density at radius 1 is 1.32 bits per heavy atom. The summed E-state index contributed by atoms with van der Waals surface area (Å²) in [7, 11) is 0. The van der Waals surface area contributed by atoms with E-state index in [4.69, 9.17) is 12.2 Å². The van der Waals surface area contributed by atoms with Gasteiger partial charge < -0.3 is 4.90 Å². The molecule has 0 aromatic rings. The molecule has 0 radical (unpaired) electrons. The van der Waals surface area contributed by atoms with Gasteiger partial charge in [0.1, 0.15) is 0 Å². The van der Waals surface area contributed by atoms with Crippen molar-refractivity contribution in [1.29, 1.82) is 0 Å². The van der Waals surface area contributed by atoms with E-state index in [0.717, 1.165) is 42.0 Å². The number of amidine groups is 1. The van der Waals surface area contributed by atoms with Gasteiger partial charge in [-0.15, -0.1) is 0 Å². The summed E-state index contributed by atoms with van der Waals surface area (Å²) in [5.41, 5.74) is 0. The topological polar surface area (TPSA) is 40.4 Å². The van der Waals surface area contributed by atoms with Gasteiger partial charge in [-0.2, -0.15) is 4.99 Å². The molecule has 2 rings (SSSR count). The van der Waals surface area contributed by atoms with Crippen LogP contribution in [0.25, 0.3) is 0 Å². The molecule has 5 nitrogen and oxygen atoms in total. The molecular weight excluding hydrogens is 316 g/mol. The standard InChI is InChI=1S/C15H26N4OS2/c1-5-11(3)17(12(4)6-2)10-19-15(21)22-14-16-13(20)8-7-9-18(14)19/h11-12H,5-10H2,1-4H3/p+1/t11-,12-/m0/s1. The summed E-state index contributed by atoms with van der Waals surface area (Å²) in [6.45, 7) is 10.8. The lowest BCUT2D eigenvalue weighted by molar-refractivity contribution is -0.955. The van der Waals surface area contributed by atoms with Gasteiger partial charge in [0.2, 0.25) is 5.91 Å². The molecule has 2 aliphatic rings. The summed E-state index contributed by atoms with van der Waals surface area (Å²) in [6, 6.07) is 1.16. The second-order valence-corrected chi connectivity index (χ2v) is 7.74. The van der Waals surface area contributed by atoms with Crippen molar-refractivity contribution >= 4 is 39.4 Å².